The molecule has 0 spiro atoms. The van der Waals surface area contributed by atoms with E-state index in [2.05, 4.69) is 39.7 Å². The Morgan fingerprint density at radius 3 is 2.66 bits per heavy atom. The Kier molecular flexibility index (Phi) is 9.87. The lowest BCUT2D eigenvalue weighted by Crippen LogP contribution is -2.48. The van der Waals surface area contributed by atoms with Crippen LogP contribution in [0.25, 0.3) is 0 Å². The maximum atomic E-state index is 12.1. The number of nitrogens with one attached hydrogen (secondary N) is 3. The van der Waals surface area contributed by atoms with E-state index in [1.54, 1.807) is 6.20 Å². The molecule has 1 aliphatic rings. The highest BCUT2D eigenvalue weighted by Crippen LogP contribution is 2.13. The molecule has 2 rings (SSSR count). The summed E-state index contributed by atoms with van der Waals surface area (Å²) >= 11 is 0. The van der Waals surface area contributed by atoms with Gasteiger partial charge in [-0.1, -0.05) is 19.9 Å². The normalized spacial score (nSPS) is 16.5. The number of hydrogen-bond acceptors (Lipinski definition) is 5. The fourth-order valence-corrected chi connectivity index (χ4v) is 3.23. The van der Waals surface area contributed by atoms with E-state index in [1.807, 2.05) is 26.0 Å². The molecule has 1 saturated heterocycles. The molecule has 1 unspecified atom stereocenters. The van der Waals surface area contributed by atoms with E-state index in [9.17, 15) is 4.79 Å². The van der Waals surface area contributed by atoms with Crippen molar-refractivity contribution in [3.63, 3.8) is 0 Å². The molecule has 0 radical (unpaired) electrons. The van der Waals surface area contributed by atoms with Gasteiger partial charge in [0.05, 0.1) is 19.8 Å². The molecule has 1 aromatic heterocycles. The fourth-order valence-electron chi connectivity index (χ4n) is 3.23. The van der Waals surface area contributed by atoms with Gasteiger partial charge in [0.2, 0.25) is 5.91 Å². The quantitative estimate of drug-likeness (QED) is 0.428. The van der Waals surface area contributed by atoms with Crippen LogP contribution in [0, 0.1) is 12.8 Å². The molecule has 0 aliphatic carbocycles. The molecule has 0 aromatic carbocycles. The lowest BCUT2D eigenvalue weighted by atomic mass is 10.0. The van der Waals surface area contributed by atoms with Crippen LogP contribution in [0.3, 0.4) is 0 Å². The number of ether oxygens (including phenoxy) is 1. The van der Waals surface area contributed by atoms with Crippen LogP contribution >= 0.6 is 0 Å². The number of morpholine rings is 1. The van der Waals surface area contributed by atoms with Crippen LogP contribution < -0.4 is 16.0 Å². The average molecular weight is 405 g/mol. The van der Waals surface area contributed by atoms with Crippen molar-refractivity contribution in [2.24, 2.45) is 10.9 Å². The standard InChI is InChI=1S/C21H36N6O2/c1-5-22-21(25-15-18(16(2)3)27-10-12-29-13-11-27)23-9-8-20(28)26-19-7-6-17(4)14-24-19/h6-7,14,16,18H,5,8-13,15H2,1-4H3,(H2,22,23,25)(H,24,26,28). The molecule has 29 heavy (non-hydrogen) atoms. The van der Waals surface area contributed by atoms with Crippen LogP contribution in [-0.2, 0) is 9.53 Å². The Morgan fingerprint density at radius 1 is 1.28 bits per heavy atom. The lowest BCUT2D eigenvalue weighted by molar-refractivity contribution is -0.116. The zero-order valence-electron chi connectivity index (χ0n) is 18.2. The largest absolute Gasteiger partial charge is 0.379 e. The Labute approximate surface area is 174 Å². The highest BCUT2D eigenvalue weighted by Gasteiger charge is 2.23. The summed E-state index contributed by atoms with van der Waals surface area (Å²) in [5.41, 5.74) is 1.06. The minimum atomic E-state index is -0.0712. The lowest BCUT2D eigenvalue weighted by Gasteiger charge is -2.36. The average Bonchev–Trinajstić information content (AvgIpc) is 2.70. The van der Waals surface area contributed by atoms with Gasteiger partial charge in [0.25, 0.3) is 0 Å². The Bertz CT molecular complexity index is 641. The molecule has 1 atom stereocenters. The Balaban J connectivity index is 1.82. The highest BCUT2D eigenvalue weighted by atomic mass is 16.5. The number of pyridine rings is 1. The summed E-state index contributed by atoms with van der Waals surface area (Å²) < 4.78 is 5.47. The highest BCUT2D eigenvalue weighted by molar-refractivity contribution is 5.90. The monoisotopic (exact) mass is 404 g/mol. The van der Waals surface area contributed by atoms with Crippen LogP contribution in [0.5, 0.6) is 0 Å². The van der Waals surface area contributed by atoms with Gasteiger partial charge in [-0.05, 0) is 31.4 Å². The molecule has 162 valence electrons. The summed E-state index contributed by atoms with van der Waals surface area (Å²) in [5, 5.41) is 9.33. The fraction of sp³-hybridized carbons (Fsp3) is 0.667. The number of carbonyl (C=O) groups is 1. The van der Waals surface area contributed by atoms with Crippen molar-refractivity contribution in [1.82, 2.24) is 20.5 Å². The zero-order valence-corrected chi connectivity index (χ0v) is 18.2. The molecular formula is C21H36N6O2. The Hall–Kier alpha value is -2.19. The second kappa shape index (κ2) is 12.4. The molecule has 3 N–H and O–H groups in total. The SMILES string of the molecule is CCNC(=NCC(C(C)C)N1CCOCC1)NCCC(=O)Nc1ccc(C)cn1. The number of hydrogen-bond donors (Lipinski definition) is 3. The summed E-state index contributed by atoms with van der Waals surface area (Å²) in [6.07, 6.45) is 2.08. The van der Waals surface area contributed by atoms with E-state index in [-0.39, 0.29) is 5.91 Å². The number of rotatable bonds is 9. The van der Waals surface area contributed by atoms with Gasteiger partial charge in [-0.3, -0.25) is 14.7 Å². The molecule has 8 nitrogen and oxygen atoms in total. The number of carbonyl (C=O) groups excluding carboxylic acids is 1. The van der Waals surface area contributed by atoms with Crippen molar-refractivity contribution < 1.29 is 9.53 Å². The minimum absolute atomic E-state index is 0.0712. The first kappa shape index (κ1) is 23.1. The summed E-state index contributed by atoms with van der Waals surface area (Å²) in [6.45, 7) is 14.0. The van der Waals surface area contributed by atoms with E-state index < -0.39 is 0 Å². The van der Waals surface area contributed by atoms with E-state index in [0.29, 0.717) is 37.3 Å². The van der Waals surface area contributed by atoms with Crippen molar-refractivity contribution in [2.75, 3.05) is 51.3 Å². The van der Waals surface area contributed by atoms with Gasteiger partial charge in [0, 0.05) is 44.8 Å². The maximum Gasteiger partial charge on any atom is 0.227 e. The van der Waals surface area contributed by atoms with Gasteiger partial charge in [0.15, 0.2) is 5.96 Å². The van der Waals surface area contributed by atoms with E-state index in [1.165, 1.54) is 0 Å². The van der Waals surface area contributed by atoms with Crippen molar-refractivity contribution in [2.45, 2.75) is 40.2 Å². The zero-order chi connectivity index (χ0) is 21.1. The van der Waals surface area contributed by atoms with E-state index in [4.69, 9.17) is 9.73 Å². The number of amides is 1. The van der Waals surface area contributed by atoms with Gasteiger partial charge < -0.3 is 20.7 Å². The first-order chi connectivity index (χ1) is 14.0. The maximum absolute atomic E-state index is 12.1. The summed E-state index contributed by atoms with van der Waals surface area (Å²) in [7, 11) is 0. The van der Waals surface area contributed by atoms with Gasteiger partial charge >= 0.3 is 0 Å². The van der Waals surface area contributed by atoms with Crippen LogP contribution in [0.1, 0.15) is 32.8 Å². The molecule has 1 amide bonds. The molecule has 1 aromatic rings. The smallest absolute Gasteiger partial charge is 0.227 e. The van der Waals surface area contributed by atoms with Crippen molar-refractivity contribution in [1.29, 1.82) is 0 Å². The topological polar surface area (TPSA) is 90.9 Å². The van der Waals surface area contributed by atoms with Crippen LogP contribution in [0.4, 0.5) is 5.82 Å². The van der Waals surface area contributed by atoms with Gasteiger partial charge in [0.1, 0.15) is 5.82 Å². The van der Waals surface area contributed by atoms with Crippen molar-refractivity contribution in [3.8, 4) is 0 Å². The number of nitrogens with zero attached hydrogens (tertiary/aromatic N) is 3. The van der Waals surface area contributed by atoms with Gasteiger partial charge in [-0.2, -0.15) is 0 Å². The number of aromatic nitrogens is 1. The predicted molar refractivity (Wildman–Crippen MR) is 117 cm³/mol. The Morgan fingerprint density at radius 2 is 2.03 bits per heavy atom. The van der Waals surface area contributed by atoms with Crippen molar-refractivity contribution >= 4 is 17.7 Å². The first-order valence-electron chi connectivity index (χ1n) is 10.6. The molecule has 1 fully saturated rings. The summed E-state index contributed by atoms with van der Waals surface area (Å²) in [5.74, 6) is 1.75. The van der Waals surface area contributed by atoms with Crippen LogP contribution in [-0.4, -0.2) is 73.7 Å². The van der Waals surface area contributed by atoms with Crippen LogP contribution in [0.15, 0.2) is 23.3 Å². The van der Waals surface area contributed by atoms with Gasteiger partial charge in [-0.15, -0.1) is 0 Å². The van der Waals surface area contributed by atoms with E-state index >= 15 is 0 Å². The third-order valence-electron chi connectivity index (χ3n) is 4.89. The molecule has 8 heteroatoms. The number of guanidine groups is 1. The van der Waals surface area contributed by atoms with Crippen LogP contribution in [0.2, 0.25) is 0 Å². The molecular weight excluding hydrogens is 368 g/mol. The second-order valence-corrected chi connectivity index (χ2v) is 7.63. The second-order valence-electron chi connectivity index (χ2n) is 7.63. The van der Waals surface area contributed by atoms with Gasteiger partial charge in [-0.25, -0.2) is 4.98 Å². The number of aliphatic imine (C=N–C) groups is 1. The van der Waals surface area contributed by atoms with Crippen molar-refractivity contribution in [3.05, 3.63) is 23.9 Å². The summed E-state index contributed by atoms with van der Waals surface area (Å²) in [6, 6.07) is 4.12. The summed E-state index contributed by atoms with van der Waals surface area (Å²) in [4.78, 5) is 23.6. The number of anilines is 1. The third-order valence-corrected chi connectivity index (χ3v) is 4.89. The van der Waals surface area contributed by atoms with E-state index in [0.717, 1.165) is 44.4 Å². The predicted octanol–water partition coefficient (Wildman–Crippen LogP) is 1.63. The molecule has 1 aliphatic heterocycles. The number of aryl methyl sites for hydroxylation is 1. The minimum Gasteiger partial charge on any atom is -0.379 e. The molecule has 0 bridgehead atoms. The third kappa shape index (κ3) is 8.37. The molecule has 0 saturated carbocycles. The first-order valence-corrected chi connectivity index (χ1v) is 10.6. The molecule has 2 heterocycles.